The molecule has 6 heavy (non-hydrogen) atoms. The van der Waals surface area contributed by atoms with Gasteiger partial charge in [-0.15, -0.1) is 0 Å². The van der Waals surface area contributed by atoms with Gasteiger partial charge in [-0.25, -0.2) is 0 Å². The van der Waals surface area contributed by atoms with E-state index in [-0.39, 0.29) is 26.4 Å². The lowest BCUT2D eigenvalue weighted by molar-refractivity contribution is 0.300. The van der Waals surface area contributed by atoms with Gasteiger partial charge in [0, 0.05) is 0 Å². The van der Waals surface area contributed by atoms with E-state index >= 15 is 0 Å². The van der Waals surface area contributed by atoms with E-state index in [0.717, 1.165) is 0 Å². The molecule has 0 atom stereocenters. The number of hydrogen-bond acceptors (Lipinski definition) is 2. The van der Waals surface area contributed by atoms with Crippen LogP contribution in [0.4, 0.5) is 0 Å². The van der Waals surface area contributed by atoms with Crippen molar-refractivity contribution >= 4 is 15.2 Å². The van der Waals surface area contributed by atoms with Crippen molar-refractivity contribution in [1.29, 1.82) is 0 Å². The van der Waals surface area contributed by atoms with E-state index in [0.29, 0.717) is 0 Å². The summed E-state index contributed by atoms with van der Waals surface area (Å²) in [6.45, 7) is 0. The third-order valence-electron chi connectivity index (χ3n) is 1.10. The van der Waals surface area contributed by atoms with Gasteiger partial charge in [-0.3, -0.25) is 0 Å². The van der Waals surface area contributed by atoms with Gasteiger partial charge in [0.2, 0.25) is 0 Å². The van der Waals surface area contributed by atoms with Gasteiger partial charge in [0.05, 0.1) is 0 Å². The van der Waals surface area contributed by atoms with Crippen LogP contribution in [0.25, 0.3) is 0 Å². The maximum atomic E-state index is 8.55. The molecule has 2 rings (SSSR count). The van der Waals surface area contributed by atoms with Crippen LogP contribution in [0, 0.1) is 0 Å². The maximum Gasteiger partial charge on any atom is 0.106 e. The number of rotatable bonds is 0. The fourth-order valence-electron chi connectivity index (χ4n) is 0.544. The Labute approximate surface area is 37.6 Å². The van der Waals surface area contributed by atoms with Crippen LogP contribution in [-0.2, 0) is 0 Å². The minimum absolute atomic E-state index is 0.00463. The summed E-state index contributed by atoms with van der Waals surface area (Å²) in [6.07, 6.45) is 0. The first-order valence-electron chi connectivity index (χ1n) is 1.75. The Morgan fingerprint density at radius 2 is 1.33 bits per heavy atom. The Bertz CT molecular complexity index is 75.5. The highest BCUT2D eigenvalue weighted by Crippen LogP contribution is 3.16. The van der Waals surface area contributed by atoms with Crippen molar-refractivity contribution in [2.24, 2.45) is 0 Å². The number of fused-ring (bicyclic) bond motifs is 1. The molecule has 0 unspecified atom stereocenters. The van der Waals surface area contributed by atoms with Crippen molar-refractivity contribution in [3.8, 4) is 0 Å². The van der Waals surface area contributed by atoms with Crippen molar-refractivity contribution < 1.29 is 10.2 Å². The zero-order valence-corrected chi connectivity index (χ0v) is 4.73. The van der Waals surface area contributed by atoms with Crippen LogP contribution in [0.3, 0.4) is 0 Å². The molecule has 34 valence electrons. The van der Waals surface area contributed by atoms with Crippen molar-refractivity contribution in [3.05, 3.63) is 0 Å². The molecule has 2 nitrogen and oxygen atoms in total. The molecule has 2 heterocycles. The minimum atomic E-state index is -0.150. The lowest BCUT2D eigenvalue weighted by Gasteiger charge is -1.92. The third kappa shape index (κ3) is 0.243. The molecule has 2 fully saturated rings. The topological polar surface area (TPSA) is 40.5 Å². The Kier molecular flexibility index (Phi) is 0.504. The van der Waals surface area contributed by atoms with Crippen LogP contribution in [0.2, 0.25) is 0 Å². The Morgan fingerprint density at radius 3 is 1.33 bits per heavy atom. The Hall–Kier alpha value is 0.780. The molecule has 2 N–H and O–H groups in total. The lowest BCUT2D eigenvalue weighted by atomic mass is 11.6. The summed E-state index contributed by atoms with van der Waals surface area (Å²) in [5, 5.41) is 17.1. The fraction of sp³-hybridized carbons (Fsp3) is 1.00. The van der Waals surface area contributed by atoms with Gasteiger partial charge in [-0.2, -0.15) is 0 Å². The zero-order chi connectivity index (χ0) is 4.31. The molecule has 0 bridgehead atoms. The van der Waals surface area contributed by atoms with E-state index in [1.165, 1.54) is 0 Å². The molecular formula is C2H4O2P2. The van der Waals surface area contributed by atoms with Gasteiger partial charge in [0.15, 0.2) is 0 Å². The monoisotopic (exact) mass is 122 g/mol. The van der Waals surface area contributed by atoms with Crippen molar-refractivity contribution in [1.82, 2.24) is 0 Å². The molecule has 0 radical (unpaired) electrons. The SMILES string of the molecule is OC1P2C(O)P12. The fourth-order valence-corrected chi connectivity index (χ4v) is 6.68. The molecule has 4 heteroatoms. The molecule has 2 saturated heterocycles. The quantitative estimate of drug-likeness (QED) is 0.458. The summed E-state index contributed by atoms with van der Waals surface area (Å²) in [4.78, 5) is 0. The largest absolute Gasteiger partial charge is 0.383 e. The lowest BCUT2D eigenvalue weighted by Crippen LogP contribution is -1.89. The van der Waals surface area contributed by atoms with E-state index < -0.39 is 0 Å². The number of aliphatic hydroxyl groups excluding tert-OH is 2. The normalized spacial score (nSPS) is 73.0. The second-order valence-corrected chi connectivity index (χ2v) is 8.52. The van der Waals surface area contributed by atoms with Crippen LogP contribution in [0.5, 0.6) is 0 Å². The van der Waals surface area contributed by atoms with E-state index in [4.69, 9.17) is 10.2 Å². The number of aliphatic hydroxyl groups is 2. The van der Waals surface area contributed by atoms with Crippen LogP contribution in [0.15, 0.2) is 0 Å². The first-order chi connectivity index (χ1) is 2.82. The first kappa shape index (κ1) is 3.74. The summed E-state index contributed by atoms with van der Waals surface area (Å²) < 4.78 is 0. The number of hydrogen-bond donors (Lipinski definition) is 2. The highest BCUT2D eigenvalue weighted by atomic mass is 32.2. The van der Waals surface area contributed by atoms with E-state index in [9.17, 15) is 0 Å². The van der Waals surface area contributed by atoms with Gasteiger partial charge in [-0.1, -0.05) is 0 Å². The van der Waals surface area contributed by atoms with Crippen LogP contribution in [-0.4, -0.2) is 21.4 Å². The molecule has 0 amide bonds. The average Bonchev–Trinajstić information content (AvgIpc) is 2.28. The molecule has 0 aromatic rings. The zero-order valence-electron chi connectivity index (χ0n) is 2.94. The van der Waals surface area contributed by atoms with Crippen LogP contribution >= 0.6 is 15.2 Å². The summed E-state index contributed by atoms with van der Waals surface area (Å²) in [6, 6.07) is 0. The standard InChI is InChI=1S/C2H4O2P2/c3-1-5-2(4)6(1)5/h1-4H. The molecule has 2 aliphatic rings. The van der Waals surface area contributed by atoms with Crippen molar-refractivity contribution in [2.45, 2.75) is 11.2 Å². The van der Waals surface area contributed by atoms with Crippen LogP contribution < -0.4 is 0 Å². The smallest absolute Gasteiger partial charge is 0.106 e. The van der Waals surface area contributed by atoms with E-state index in [2.05, 4.69) is 0 Å². The van der Waals surface area contributed by atoms with Crippen LogP contribution in [0.1, 0.15) is 0 Å². The molecule has 0 aliphatic carbocycles. The summed E-state index contributed by atoms with van der Waals surface area (Å²) in [5.74, 6) is 0. The molecular weight excluding hydrogens is 118 g/mol. The first-order valence-corrected chi connectivity index (χ1v) is 5.41. The van der Waals surface area contributed by atoms with E-state index in [1.54, 1.807) is 0 Å². The van der Waals surface area contributed by atoms with E-state index in [1.807, 2.05) is 0 Å². The molecule has 0 saturated carbocycles. The Morgan fingerprint density at radius 1 is 1.00 bits per heavy atom. The molecule has 0 spiro atoms. The maximum absolute atomic E-state index is 8.55. The predicted octanol–water partition coefficient (Wildman–Crippen LogP) is 0.444. The molecule has 0 aromatic carbocycles. The second-order valence-electron chi connectivity index (χ2n) is 1.45. The Balaban J connectivity index is 2.06. The van der Waals surface area contributed by atoms with Gasteiger partial charge >= 0.3 is 0 Å². The predicted molar refractivity (Wildman–Crippen MR) is 25.9 cm³/mol. The van der Waals surface area contributed by atoms with Gasteiger partial charge in [0.25, 0.3) is 0 Å². The third-order valence-corrected chi connectivity index (χ3v) is 8.34. The van der Waals surface area contributed by atoms with Crippen molar-refractivity contribution in [2.75, 3.05) is 0 Å². The molecule has 0 aromatic heterocycles. The second kappa shape index (κ2) is 0.809. The van der Waals surface area contributed by atoms with Gasteiger partial charge < -0.3 is 10.2 Å². The van der Waals surface area contributed by atoms with Crippen molar-refractivity contribution in [3.63, 3.8) is 0 Å². The average molecular weight is 122 g/mol. The minimum Gasteiger partial charge on any atom is -0.383 e. The highest BCUT2D eigenvalue weighted by molar-refractivity contribution is 8.62. The van der Waals surface area contributed by atoms with Gasteiger partial charge in [-0.05, 0) is 15.2 Å². The highest BCUT2D eigenvalue weighted by Gasteiger charge is 2.73. The summed E-state index contributed by atoms with van der Waals surface area (Å²) in [5.41, 5.74) is 0.00926. The van der Waals surface area contributed by atoms with Gasteiger partial charge in [0.1, 0.15) is 11.2 Å². The summed E-state index contributed by atoms with van der Waals surface area (Å²) in [7, 11) is -0.300. The molecule has 2 aliphatic heterocycles. The summed E-state index contributed by atoms with van der Waals surface area (Å²) >= 11 is 0.